The molecule has 6 nitrogen and oxygen atoms in total. The van der Waals surface area contributed by atoms with Gasteiger partial charge in [0.1, 0.15) is 11.4 Å². The number of carbonyl (C=O) groups excluding carboxylic acids is 2. The van der Waals surface area contributed by atoms with Crippen molar-refractivity contribution in [1.29, 1.82) is 0 Å². The van der Waals surface area contributed by atoms with Gasteiger partial charge in [-0.2, -0.15) is 0 Å². The fraction of sp³-hybridized carbons (Fsp3) is 0.480. The van der Waals surface area contributed by atoms with Gasteiger partial charge in [0.05, 0.1) is 17.3 Å². The van der Waals surface area contributed by atoms with E-state index in [1.807, 2.05) is 16.7 Å². The fourth-order valence-corrected chi connectivity index (χ4v) is 4.71. The van der Waals surface area contributed by atoms with Gasteiger partial charge in [-0.1, -0.05) is 45.7 Å². The Labute approximate surface area is 193 Å². The number of aromatic nitrogens is 1. The van der Waals surface area contributed by atoms with Gasteiger partial charge in [-0.3, -0.25) is 14.4 Å². The molecule has 0 saturated carbocycles. The molecule has 170 valence electrons. The van der Waals surface area contributed by atoms with Gasteiger partial charge in [-0.05, 0) is 36.0 Å². The molecule has 4 rings (SSSR count). The Morgan fingerprint density at radius 1 is 1.09 bits per heavy atom. The molecule has 0 aliphatic carbocycles. The van der Waals surface area contributed by atoms with Crippen molar-refractivity contribution >= 4 is 29.1 Å². The summed E-state index contributed by atoms with van der Waals surface area (Å²) in [4.78, 5) is 38.7. The summed E-state index contributed by atoms with van der Waals surface area (Å²) >= 11 is 6.54. The second kappa shape index (κ2) is 8.39. The highest BCUT2D eigenvalue weighted by molar-refractivity contribution is 6.32. The highest BCUT2D eigenvalue weighted by Crippen LogP contribution is 2.45. The molecule has 32 heavy (non-hydrogen) atoms. The average Bonchev–Trinajstić information content (AvgIpc) is 3.05. The lowest BCUT2D eigenvalue weighted by Gasteiger charge is -2.39. The number of hydrogen-bond acceptors (Lipinski definition) is 4. The first kappa shape index (κ1) is 22.6. The maximum absolute atomic E-state index is 13.0. The molecule has 2 amide bonds. The van der Waals surface area contributed by atoms with E-state index in [0.29, 0.717) is 17.4 Å². The molecule has 0 N–H and O–H groups in total. The Morgan fingerprint density at radius 2 is 1.78 bits per heavy atom. The highest BCUT2D eigenvalue weighted by atomic mass is 35.5. The van der Waals surface area contributed by atoms with E-state index in [-0.39, 0.29) is 47.2 Å². The van der Waals surface area contributed by atoms with Gasteiger partial charge in [0.15, 0.2) is 0 Å². The van der Waals surface area contributed by atoms with Crippen LogP contribution in [0.5, 0.6) is 5.75 Å². The van der Waals surface area contributed by atoms with Gasteiger partial charge in [-0.15, -0.1) is 0 Å². The quantitative estimate of drug-likeness (QED) is 0.461. The highest BCUT2D eigenvalue weighted by Gasteiger charge is 2.37. The number of benzene rings is 1. The van der Waals surface area contributed by atoms with Crippen LogP contribution in [0.15, 0.2) is 29.2 Å². The molecule has 0 bridgehead atoms. The molecular formula is C25H29ClN2O4. The van der Waals surface area contributed by atoms with E-state index in [9.17, 15) is 14.4 Å². The molecule has 2 aliphatic heterocycles. The van der Waals surface area contributed by atoms with E-state index in [0.717, 1.165) is 41.0 Å². The summed E-state index contributed by atoms with van der Waals surface area (Å²) in [5.41, 5.74) is 2.33. The summed E-state index contributed by atoms with van der Waals surface area (Å²) in [6.45, 7) is 9.15. The average molecular weight is 457 g/mol. The number of carbonyl (C=O) groups is 2. The maximum atomic E-state index is 13.0. The van der Waals surface area contributed by atoms with Crippen molar-refractivity contribution in [3.8, 4) is 17.0 Å². The summed E-state index contributed by atoms with van der Waals surface area (Å²) in [7, 11) is 0. The van der Waals surface area contributed by atoms with E-state index in [4.69, 9.17) is 16.3 Å². The van der Waals surface area contributed by atoms with E-state index in [1.165, 1.54) is 6.07 Å². The minimum atomic E-state index is -0.347. The van der Waals surface area contributed by atoms with E-state index in [2.05, 4.69) is 27.7 Å². The number of unbranched alkanes of at least 4 members (excludes halogenated alkanes) is 1. The van der Waals surface area contributed by atoms with Crippen LogP contribution in [0.4, 0.5) is 5.69 Å². The molecule has 7 heteroatoms. The fourth-order valence-electron chi connectivity index (χ4n) is 4.50. The number of fused-ring (bicyclic) bond motifs is 3. The minimum Gasteiger partial charge on any atom is -0.492 e. The Morgan fingerprint density at radius 3 is 2.41 bits per heavy atom. The van der Waals surface area contributed by atoms with Crippen LogP contribution < -0.4 is 15.1 Å². The second-order valence-corrected chi connectivity index (χ2v) is 10.1. The molecule has 3 heterocycles. The zero-order valence-corrected chi connectivity index (χ0v) is 19.8. The number of amides is 2. The summed E-state index contributed by atoms with van der Waals surface area (Å²) < 4.78 is 7.94. The lowest BCUT2D eigenvalue weighted by atomic mass is 9.79. The van der Waals surface area contributed by atoms with Crippen LogP contribution in [0.1, 0.15) is 65.0 Å². The molecule has 1 atom stereocenters. The zero-order valence-electron chi connectivity index (χ0n) is 19.0. The Hall–Kier alpha value is -2.60. The van der Waals surface area contributed by atoms with Gasteiger partial charge in [0.25, 0.3) is 0 Å². The van der Waals surface area contributed by atoms with Crippen molar-refractivity contribution in [1.82, 2.24) is 4.57 Å². The molecule has 1 aromatic heterocycles. The normalized spacial score (nSPS) is 18.0. The Bertz CT molecular complexity index is 1130. The number of imide groups is 1. The van der Waals surface area contributed by atoms with Crippen LogP contribution >= 0.6 is 11.6 Å². The number of pyridine rings is 1. The van der Waals surface area contributed by atoms with Crippen molar-refractivity contribution in [3.63, 3.8) is 0 Å². The van der Waals surface area contributed by atoms with E-state index >= 15 is 0 Å². The summed E-state index contributed by atoms with van der Waals surface area (Å²) in [6, 6.07) is 5.39. The largest absolute Gasteiger partial charge is 0.492 e. The predicted molar refractivity (Wildman–Crippen MR) is 125 cm³/mol. The molecule has 0 radical (unpaired) electrons. The molecule has 1 unspecified atom stereocenters. The third-order valence-corrected chi connectivity index (χ3v) is 6.59. The molecule has 1 aromatic carbocycles. The van der Waals surface area contributed by atoms with Crippen LogP contribution in [0.25, 0.3) is 11.3 Å². The van der Waals surface area contributed by atoms with Gasteiger partial charge in [-0.25, -0.2) is 4.90 Å². The number of ether oxygens (including phenoxy) is 1. The van der Waals surface area contributed by atoms with Gasteiger partial charge in [0, 0.05) is 36.7 Å². The van der Waals surface area contributed by atoms with Crippen molar-refractivity contribution < 1.29 is 14.3 Å². The number of halogens is 1. The first-order valence-corrected chi connectivity index (χ1v) is 11.6. The predicted octanol–water partition coefficient (Wildman–Crippen LogP) is 5.14. The maximum Gasteiger partial charge on any atom is 0.234 e. The van der Waals surface area contributed by atoms with Crippen molar-refractivity contribution in [2.45, 2.75) is 65.8 Å². The third kappa shape index (κ3) is 3.96. The van der Waals surface area contributed by atoms with Crippen molar-refractivity contribution in [2.24, 2.45) is 5.41 Å². The van der Waals surface area contributed by atoms with Crippen molar-refractivity contribution in [2.75, 3.05) is 11.5 Å². The summed E-state index contributed by atoms with van der Waals surface area (Å²) in [5.74, 6) is 0.00775. The number of hydrogen-bond donors (Lipinski definition) is 0. The monoisotopic (exact) mass is 456 g/mol. The first-order chi connectivity index (χ1) is 15.1. The first-order valence-electron chi connectivity index (χ1n) is 11.2. The smallest absolute Gasteiger partial charge is 0.234 e. The molecule has 1 saturated heterocycles. The van der Waals surface area contributed by atoms with Crippen LogP contribution in [0, 0.1) is 5.41 Å². The lowest BCUT2D eigenvalue weighted by molar-refractivity contribution is -0.121. The second-order valence-electron chi connectivity index (χ2n) is 9.67. The molecular weight excluding hydrogens is 428 g/mol. The topological polar surface area (TPSA) is 68.6 Å². The molecule has 2 aromatic rings. The molecule has 1 fully saturated rings. The zero-order chi connectivity index (χ0) is 23.2. The van der Waals surface area contributed by atoms with Gasteiger partial charge >= 0.3 is 0 Å². The number of nitrogens with zero attached hydrogens (tertiary/aromatic N) is 2. The Kier molecular flexibility index (Phi) is 5.93. The summed E-state index contributed by atoms with van der Waals surface area (Å²) in [6.07, 6.45) is 4.67. The lowest BCUT2D eigenvalue weighted by Crippen LogP contribution is -2.36. The minimum absolute atomic E-state index is 0.0156. The number of rotatable bonds is 5. The van der Waals surface area contributed by atoms with Gasteiger partial charge in [0.2, 0.25) is 17.2 Å². The van der Waals surface area contributed by atoms with Gasteiger partial charge < -0.3 is 9.30 Å². The van der Waals surface area contributed by atoms with Crippen molar-refractivity contribution in [3.05, 3.63) is 45.2 Å². The number of anilines is 1. The summed E-state index contributed by atoms with van der Waals surface area (Å²) in [5, 5.41) is 0.502. The standard InChI is InChI=1S/C25H29ClN2O4/c1-5-6-9-32-21-10-15-11-22(25(2,3)4)27-14-19(28-23(30)7-8-24(28)31)20(29)13-18(27)16(15)12-17(21)26/h10,12-14,22H,5-9,11H2,1-4H3. The van der Waals surface area contributed by atoms with E-state index < -0.39 is 0 Å². The molecule has 2 aliphatic rings. The van der Waals surface area contributed by atoms with Crippen LogP contribution in [-0.4, -0.2) is 23.0 Å². The Balaban J connectivity index is 1.86. The van der Waals surface area contributed by atoms with E-state index in [1.54, 1.807) is 6.20 Å². The third-order valence-electron chi connectivity index (χ3n) is 6.29. The van der Waals surface area contributed by atoms with Crippen LogP contribution in [-0.2, 0) is 16.0 Å². The SMILES string of the molecule is CCCCOc1cc2c(cc1Cl)-c1cc(=O)c(N3C(=O)CCC3=O)cn1C(C(C)(C)C)C2. The van der Waals surface area contributed by atoms with Crippen LogP contribution in [0.3, 0.4) is 0 Å². The van der Waals surface area contributed by atoms with Crippen LogP contribution in [0.2, 0.25) is 5.02 Å². The molecule has 0 spiro atoms.